The van der Waals surface area contributed by atoms with Crippen molar-refractivity contribution < 1.29 is 0 Å². The van der Waals surface area contributed by atoms with Crippen LogP contribution < -0.4 is 0 Å². The summed E-state index contributed by atoms with van der Waals surface area (Å²) in [6.45, 7) is 0. The molecule has 9 aromatic rings. The van der Waals surface area contributed by atoms with Gasteiger partial charge in [0.05, 0.1) is 20.4 Å². The Morgan fingerprint density at radius 1 is 0.481 bits per heavy atom. The number of hydrogen-bond acceptors (Lipinski definition) is 4. The topological polar surface area (TPSA) is 25.8 Å². The molecule has 7 aromatic carbocycles. The Balaban J connectivity index is 1.09. The minimum atomic E-state index is 0.463. The average Bonchev–Trinajstić information content (AvgIpc) is 3.88. The average molecular weight is 725 g/mol. The van der Waals surface area contributed by atoms with E-state index in [0.29, 0.717) is 5.92 Å². The summed E-state index contributed by atoms with van der Waals surface area (Å²) in [5.41, 5.74) is 13.2. The fraction of sp³-hybridized carbons (Fsp3) is 0.0400. The minimum absolute atomic E-state index is 0.463. The second-order valence-corrected chi connectivity index (χ2v) is 16.1. The standard InChI is InChI=1S/C50H32N2S2/c1-2-10-36-29-37(26-17-31(36)9-1)38-27-28-41-42(30-38)48(33-20-24-35(25-21-33)50-52-44-14-6-8-16-46(44)54-50)40-12-4-3-11-39(40)47(41)32-18-22-34(23-19-32)49-51-43-13-5-7-15-45(43)53-49/h1-16,18-31H,17H2/t31-/m1/s1. The van der Waals surface area contributed by atoms with Crippen LogP contribution in [0.15, 0.2) is 182 Å². The maximum absolute atomic E-state index is 4.95. The minimum Gasteiger partial charge on any atom is -0.236 e. The Morgan fingerprint density at radius 2 is 1.00 bits per heavy atom. The van der Waals surface area contributed by atoms with Crippen LogP contribution in [-0.2, 0) is 0 Å². The monoisotopic (exact) mass is 724 g/mol. The van der Waals surface area contributed by atoms with Crippen molar-refractivity contribution in [1.29, 1.82) is 0 Å². The van der Waals surface area contributed by atoms with Crippen LogP contribution in [0.1, 0.15) is 12.0 Å². The van der Waals surface area contributed by atoms with Crippen LogP contribution in [-0.4, -0.2) is 9.97 Å². The van der Waals surface area contributed by atoms with Gasteiger partial charge in [0.25, 0.3) is 0 Å². The summed E-state index contributed by atoms with van der Waals surface area (Å²) in [4.78, 5) is 9.90. The molecule has 0 radical (unpaired) electrons. The lowest BCUT2D eigenvalue weighted by Gasteiger charge is -2.22. The maximum Gasteiger partial charge on any atom is 0.124 e. The van der Waals surface area contributed by atoms with Crippen LogP contribution in [0.4, 0.5) is 0 Å². The zero-order chi connectivity index (χ0) is 35.6. The fourth-order valence-electron chi connectivity index (χ4n) is 8.19. The molecule has 0 unspecified atom stereocenters. The number of thiazole rings is 2. The van der Waals surface area contributed by atoms with Crippen molar-refractivity contribution in [2.45, 2.75) is 6.42 Å². The summed E-state index contributed by atoms with van der Waals surface area (Å²) in [6, 6.07) is 50.9. The number of para-hydroxylation sites is 2. The lowest BCUT2D eigenvalue weighted by Crippen LogP contribution is -2.05. The lowest BCUT2D eigenvalue weighted by atomic mass is 9.82. The third-order valence-electron chi connectivity index (χ3n) is 10.9. The molecule has 0 N–H and O–H groups in total. The van der Waals surface area contributed by atoms with Gasteiger partial charge in [-0.15, -0.1) is 22.7 Å². The van der Waals surface area contributed by atoms with Gasteiger partial charge in [0.15, 0.2) is 0 Å². The van der Waals surface area contributed by atoms with Gasteiger partial charge in [0.1, 0.15) is 10.0 Å². The summed E-state index contributed by atoms with van der Waals surface area (Å²) in [6.07, 6.45) is 14.7. The van der Waals surface area contributed by atoms with Gasteiger partial charge in [-0.3, -0.25) is 0 Å². The normalized spacial score (nSPS) is 15.2. The fourth-order valence-corrected chi connectivity index (χ4v) is 10.1. The zero-order valence-corrected chi connectivity index (χ0v) is 30.9. The highest BCUT2D eigenvalue weighted by molar-refractivity contribution is 7.22. The van der Waals surface area contributed by atoms with Gasteiger partial charge < -0.3 is 0 Å². The molecule has 0 aliphatic heterocycles. The third kappa shape index (κ3) is 5.29. The SMILES string of the molecule is C1=CC2=CC(c3ccc4c(-c5ccc(-c6nc7ccccc7s6)cc5)c5ccccc5c(-c5ccc(-c6nc7ccccc7s6)cc5)c4c3)=CC[C@H]2C=C1. The molecular weight excluding hydrogens is 693 g/mol. The molecule has 2 aliphatic rings. The van der Waals surface area contributed by atoms with E-state index in [2.05, 4.69) is 176 Å². The van der Waals surface area contributed by atoms with E-state index in [1.165, 1.54) is 69.9 Å². The molecule has 0 saturated carbocycles. The van der Waals surface area contributed by atoms with E-state index in [0.717, 1.165) is 38.6 Å². The van der Waals surface area contributed by atoms with Crippen molar-refractivity contribution >= 4 is 70.2 Å². The van der Waals surface area contributed by atoms with Crippen molar-refractivity contribution in [1.82, 2.24) is 9.97 Å². The summed E-state index contributed by atoms with van der Waals surface area (Å²) < 4.78 is 2.42. The predicted molar refractivity (Wildman–Crippen MR) is 232 cm³/mol. The highest BCUT2D eigenvalue weighted by Gasteiger charge is 2.20. The second-order valence-electron chi connectivity index (χ2n) is 14.1. The van der Waals surface area contributed by atoms with Crippen LogP contribution >= 0.6 is 22.7 Å². The molecule has 0 saturated heterocycles. The highest BCUT2D eigenvalue weighted by Crippen LogP contribution is 2.46. The molecule has 2 aliphatic carbocycles. The Hall–Kier alpha value is -6.20. The van der Waals surface area contributed by atoms with E-state index in [4.69, 9.17) is 9.97 Å². The molecule has 11 rings (SSSR count). The highest BCUT2D eigenvalue weighted by atomic mass is 32.1. The molecule has 2 aromatic heterocycles. The van der Waals surface area contributed by atoms with E-state index in [9.17, 15) is 0 Å². The molecule has 0 bridgehead atoms. The van der Waals surface area contributed by atoms with E-state index in [1.54, 1.807) is 22.7 Å². The molecule has 0 fully saturated rings. The van der Waals surface area contributed by atoms with Crippen molar-refractivity contribution in [2.24, 2.45) is 5.92 Å². The zero-order valence-electron chi connectivity index (χ0n) is 29.2. The molecule has 0 amide bonds. The molecule has 54 heavy (non-hydrogen) atoms. The van der Waals surface area contributed by atoms with Gasteiger partial charge >= 0.3 is 0 Å². The number of nitrogens with zero attached hydrogens (tertiary/aromatic N) is 2. The lowest BCUT2D eigenvalue weighted by molar-refractivity contribution is 0.783. The Bertz CT molecular complexity index is 3000. The molecular formula is C50H32N2S2. The van der Waals surface area contributed by atoms with Crippen molar-refractivity contribution in [3.8, 4) is 43.4 Å². The van der Waals surface area contributed by atoms with E-state index >= 15 is 0 Å². The quantitative estimate of drug-likeness (QED) is 0.165. The number of hydrogen-bond donors (Lipinski definition) is 0. The maximum atomic E-state index is 4.95. The Kier molecular flexibility index (Phi) is 7.39. The number of benzene rings is 7. The third-order valence-corrected chi connectivity index (χ3v) is 13.0. The number of fused-ring (bicyclic) bond motifs is 5. The first-order valence-electron chi connectivity index (χ1n) is 18.4. The number of aromatic nitrogens is 2. The van der Waals surface area contributed by atoms with E-state index in [-0.39, 0.29) is 0 Å². The summed E-state index contributed by atoms with van der Waals surface area (Å²) in [5, 5.41) is 7.09. The van der Waals surface area contributed by atoms with E-state index in [1.807, 2.05) is 0 Å². The Morgan fingerprint density at radius 3 is 1.61 bits per heavy atom. The predicted octanol–water partition coefficient (Wildman–Crippen LogP) is 14.3. The summed E-state index contributed by atoms with van der Waals surface area (Å²) in [7, 11) is 0. The number of allylic oxidation sites excluding steroid dienone is 8. The molecule has 1 atom stereocenters. The van der Waals surface area contributed by atoms with Crippen LogP contribution in [0.5, 0.6) is 0 Å². The second kappa shape index (κ2) is 12.7. The first kappa shape index (κ1) is 31.3. The molecule has 2 nitrogen and oxygen atoms in total. The molecule has 0 spiro atoms. The summed E-state index contributed by atoms with van der Waals surface area (Å²) in [5.74, 6) is 0.463. The van der Waals surface area contributed by atoms with Crippen LogP contribution in [0.25, 0.3) is 90.9 Å². The number of rotatable bonds is 5. The first-order valence-corrected chi connectivity index (χ1v) is 20.0. The first-order chi connectivity index (χ1) is 26.7. The van der Waals surface area contributed by atoms with Gasteiger partial charge in [-0.1, -0.05) is 146 Å². The van der Waals surface area contributed by atoms with Crippen molar-refractivity contribution in [3.05, 3.63) is 187 Å². The smallest absolute Gasteiger partial charge is 0.124 e. The van der Waals surface area contributed by atoms with Crippen molar-refractivity contribution in [3.63, 3.8) is 0 Å². The molecule has 254 valence electrons. The summed E-state index contributed by atoms with van der Waals surface area (Å²) >= 11 is 3.49. The largest absolute Gasteiger partial charge is 0.236 e. The van der Waals surface area contributed by atoms with E-state index < -0.39 is 0 Å². The van der Waals surface area contributed by atoms with Gasteiger partial charge in [-0.2, -0.15) is 0 Å². The van der Waals surface area contributed by atoms with Crippen molar-refractivity contribution in [2.75, 3.05) is 0 Å². The van der Waals surface area contributed by atoms with Gasteiger partial charge in [0.2, 0.25) is 0 Å². The van der Waals surface area contributed by atoms with Crippen LogP contribution in [0, 0.1) is 5.92 Å². The molecule has 4 heteroatoms. The van der Waals surface area contributed by atoms with Gasteiger partial charge in [-0.25, -0.2) is 9.97 Å². The van der Waals surface area contributed by atoms with Gasteiger partial charge in [-0.05, 0) is 97.3 Å². The van der Waals surface area contributed by atoms with Crippen LogP contribution in [0.2, 0.25) is 0 Å². The molecule has 2 heterocycles. The Labute approximate surface area is 321 Å². The van der Waals surface area contributed by atoms with Crippen LogP contribution in [0.3, 0.4) is 0 Å². The van der Waals surface area contributed by atoms with Gasteiger partial charge in [0, 0.05) is 17.0 Å².